The standard InChI is InChI=1S/C19H17ClN4O3/c1-24-17(22-18(25)14-8-3-4-9-15(14)20)11-16(23-24)19(26)21-12-6-5-7-13(10-12)27-2/h3-11H,1-2H3,(H,21,26)(H,22,25). The van der Waals surface area contributed by atoms with Gasteiger partial charge in [-0.25, -0.2) is 0 Å². The van der Waals surface area contributed by atoms with E-state index in [9.17, 15) is 9.59 Å². The fourth-order valence-electron chi connectivity index (χ4n) is 2.42. The summed E-state index contributed by atoms with van der Waals surface area (Å²) in [7, 11) is 3.18. The molecule has 0 saturated carbocycles. The lowest BCUT2D eigenvalue weighted by molar-refractivity contribution is 0.101. The number of halogens is 1. The predicted molar refractivity (Wildman–Crippen MR) is 104 cm³/mol. The summed E-state index contributed by atoms with van der Waals surface area (Å²) >= 11 is 6.04. The number of carbonyl (C=O) groups is 2. The molecule has 3 rings (SSSR count). The van der Waals surface area contributed by atoms with Crippen molar-refractivity contribution < 1.29 is 14.3 Å². The minimum absolute atomic E-state index is 0.162. The van der Waals surface area contributed by atoms with Crippen molar-refractivity contribution in [2.24, 2.45) is 7.05 Å². The van der Waals surface area contributed by atoms with Crippen molar-refractivity contribution in [3.8, 4) is 5.75 Å². The first-order valence-corrected chi connectivity index (χ1v) is 8.41. The van der Waals surface area contributed by atoms with E-state index < -0.39 is 5.91 Å². The predicted octanol–water partition coefficient (Wildman–Crippen LogP) is 3.59. The average Bonchev–Trinajstić information content (AvgIpc) is 3.03. The van der Waals surface area contributed by atoms with Crippen LogP contribution in [0.1, 0.15) is 20.8 Å². The lowest BCUT2D eigenvalue weighted by Gasteiger charge is -2.06. The maximum atomic E-state index is 12.4. The van der Waals surface area contributed by atoms with Gasteiger partial charge < -0.3 is 15.4 Å². The van der Waals surface area contributed by atoms with Crippen molar-refractivity contribution in [3.63, 3.8) is 0 Å². The van der Waals surface area contributed by atoms with Crippen LogP contribution >= 0.6 is 11.6 Å². The molecule has 0 bridgehead atoms. The van der Waals surface area contributed by atoms with Crippen LogP contribution in [-0.2, 0) is 7.05 Å². The SMILES string of the molecule is COc1cccc(NC(=O)c2cc(NC(=O)c3ccccc3Cl)n(C)n2)c1. The number of aromatic nitrogens is 2. The highest BCUT2D eigenvalue weighted by atomic mass is 35.5. The van der Waals surface area contributed by atoms with Gasteiger partial charge >= 0.3 is 0 Å². The highest BCUT2D eigenvalue weighted by Gasteiger charge is 2.16. The quantitative estimate of drug-likeness (QED) is 0.704. The van der Waals surface area contributed by atoms with Crippen molar-refractivity contribution in [1.82, 2.24) is 9.78 Å². The number of carbonyl (C=O) groups excluding carboxylic acids is 2. The van der Waals surface area contributed by atoms with E-state index in [0.29, 0.717) is 27.8 Å². The van der Waals surface area contributed by atoms with Crippen LogP contribution in [0.5, 0.6) is 5.75 Å². The zero-order chi connectivity index (χ0) is 19.4. The number of nitrogens with one attached hydrogen (secondary N) is 2. The normalized spacial score (nSPS) is 10.3. The maximum absolute atomic E-state index is 12.4. The Labute approximate surface area is 160 Å². The topological polar surface area (TPSA) is 85.3 Å². The molecule has 0 aliphatic carbocycles. The number of anilines is 2. The van der Waals surface area contributed by atoms with Gasteiger partial charge in [-0.15, -0.1) is 0 Å². The molecule has 2 aromatic carbocycles. The van der Waals surface area contributed by atoms with Gasteiger partial charge in [0.15, 0.2) is 5.69 Å². The summed E-state index contributed by atoms with van der Waals surface area (Å²) in [6.07, 6.45) is 0. The Morgan fingerprint density at radius 1 is 1.04 bits per heavy atom. The summed E-state index contributed by atoms with van der Waals surface area (Å²) in [6.45, 7) is 0. The van der Waals surface area contributed by atoms with Crippen LogP contribution in [0, 0.1) is 0 Å². The number of rotatable bonds is 5. The number of aryl methyl sites for hydroxylation is 1. The molecule has 0 atom stereocenters. The van der Waals surface area contributed by atoms with E-state index in [1.165, 1.54) is 10.7 Å². The molecule has 0 saturated heterocycles. The molecule has 7 nitrogen and oxygen atoms in total. The van der Waals surface area contributed by atoms with Gasteiger partial charge in [0.2, 0.25) is 0 Å². The van der Waals surface area contributed by atoms with E-state index in [-0.39, 0.29) is 11.6 Å². The first kappa shape index (κ1) is 18.5. The number of amides is 2. The number of benzene rings is 2. The molecule has 27 heavy (non-hydrogen) atoms. The Morgan fingerprint density at radius 2 is 1.81 bits per heavy atom. The molecule has 0 radical (unpaired) electrons. The van der Waals surface area contributed by atoms with Crippen molar-refractivity contribution in [2.45, 2.75) is 0 Å². The van der Waals surface area contributed by atoms with E-state index >= 15 is 0 Å². The van der Waals surface area contributed by atoms with Crippen molar-refractivity contribution in [1.29, 1.82) is 0 Å². The summed E-state index contributed by atoms with van der Waals surface area (Å²) < 4.78 is 6.54. The number of nitrogens with zero attached hydrogens (tertiary/aromatic N) is 2. The maximum Gasteiger partial charge on any atom is 0.276 e. The number of hydrogen-bond acceptors (Lipinski definition) is 4. The van der Waals surface area contributed by atoms with E-state index in [0.717, 1.165) is 0 Å². The monoisotopic (exact) mass is 384 g/mol. The summed E-state index contributed by atoms with van der Waals surface area (Å²) in [5, 5.41) is 9.93. The van der Waals surface area contributed by atoms with Crippen molar-refractivity contribution >= 4 is 34.9 Å². The van der Waals surface area contributed by atoms with Crippen molar-refractivity contribution in [2.75, 3.05) is 17.7 Å². The van der Waals surface area contributed by atoms with Gasteiger partial charge in [-0.1, -0.05) is 29.8 Å². The van der Waals surface area contributed by atoms with Crippen LogP contribution < -0.4 is 15.4 Å². The molecule has 8 heteroatoms. The van der Waals surface area contributed by atoms with E-state index in [2.05, 4.69) is 15.7 Å². The molecule has 0 fully saturated rings. The molecular weight excluding hydrogens is 368 g/mol. The summed E-state index contributed by atoms with van der Waals surface area (Å²) in [5.74, 6) is 0.206. The highest BCUT2D eigenvalue weighted by molar-refractivity contribution is 6.34. The second kappa shape index (κ2) is 7.92. The third-order valence-electron chi connectivity index (χ3n) is 3.80. The van der Waals surface area contributed by atoms with Gasteiger partial charge in [-0.3, -0.25) is 14.3 Å². The Balaban J connectivity index is 1.74. The second-order valence-corrected chi connectivity index (χ2v) is 6.07. The molecule has 1 heterocycles. The Hall–Kier alpha value is -3.32. The summed E-state index contributed by atoms with van der Waals surface area (Å²) in [4.78, 5) is 24.8. The Morgan fingerprint density at radius 3 is 2.56 bits per heavy atom. The molecule has 2 amide bonds. The smallest absolute Gasteiger partial charge is 0.276 e. The zero-order valence-corrected chi connectivity index (χ0v) is 15.4. The highest BCUT2D eigenvalue weighted by Crippen LogP contribution is 2.19. The summed E-state index contributed by atoms with van der Waals surface area (Å²) in [5.41, 5.74) is 1.07. The van der Waals surface area contributed by atoms with E-state index in [1.807, 2.05) is 0 Å². The molecule has 138 valence electrons. The minimum Gasteiger partial charge on any atom is -0.497 e. The molecule has 0 spiro atoms. The molecule has 0 aliphatic rings. The fourth-order valence-corrected chi connectivity index (χ4v) is 2.64. The minimum atomic E-state index is -0.405. The fraction of sp³-hybridized carbons (Fsp3) is 0.105. The lowest BCUT2D eigenvalue weighted by atomic mass is 10.2. The summed E-state index contributed by atoms with van der Waals surface area (Å²) in [6, 6.07) is 15.2. The van der Waals surface area contributed by atoms with Gasteiger partial charge in [0.1, 0.15) is 11.6 Å². The third kappa shape index (κ3) is 4.27. The molecule has 2 N–H and O–H groups in total. The second-order valence-electron chi connectivity index (χ2n) is 5.66. The van der Waals surface area contributed by atoms with Gasteiger partial charge in [0.05, 0.1) is 17.7 Å². The van der Waals surface area contributed by atoms with E-state index in [4.69, 9.17) is 16.3 Å². The molecule has 0 unspecified atom stereocenters. The van der Waals surface area contributed by atoms with Crippen LogP contribution in [0.2, 0.25) is 5.02 Å². The molecular formula is C19H17ClN4O3. The molecule has 3 aromatic rings. The first-order chi connectivity index (χ1) is 13.0. The van der Waals surface area contributed by atoms with Gasteiger partial charge in [0, 0.05) is 24.9 Å². The third-order valence-corrected chi connectivity index (χ3v) is 4.13. The van der Waals surface area contributed by atoms with Crippen LogP contribution in [-0.4, -0.2) is 28.7 Å². The number of hydrogen-bond donors (Lipinski definition) is 2. The zero-order valence-electron chi connectivity index (χ0n) is 14.7. The van der Waals surface area contributed by atoms with Crippen LogP contribution in [0.3, 0.4) is 0 Å². The lowest BCUT2D eigenvalue weighted by Crippen LogP contribution is -2.14. The number of methoxy groups -OCH3 is 1. The average molecular weight is 385 g/mol. The molecule has 1 aromatic heterocycles. The van der Waals surface area contributed by atoms with Gasteiger partial charge in [-0.2, -0.15) is 5.10 Å². The largest absolute Gasteiger partial charge is 0.497 e. The van der Waals surface area contributed by atoms with Gasteiger partial charge in [0.25, 0.3) is 11.8 Å². The van der Waals surface area contributed by atoms with Gasteiger partial charge in [-0.05, 0) is 24.3 Å². The number of ether oxygens (including phenoxy) is 1. The Kier molecular flexibility index (Phi) is 5.42. The Bertz CT molecular complexity index is 1000. The van der Waals surface area contributed by atoms with Crippen molar-refractivity contribution in [3.05, 3.63) is 70.9 Å². The van der Waals surface area contributed by atoms with Crippen LogP contribution in [0.4, 0.5) is 11.5 Å². The first-order valence-electron chi connectivity index (χ1n) is 8.03. The van der Waals surface area contributed by atoms with E-state index in [1.54, 1.807) is 62.7 Å². The molecule has 0 aliphatic heterocycles. The van der Waals surface area contributed by atoms with Crippen LogP contribution in [0.25, 0.3) is 0 Å². The van der Waals surface area contributed by atoms with Crippen LogP contribution in [0.15, 0.2) is 54.6 Å².